The smallest absolute Gasteiger partial charge is 0.0722 e. The molecule has 2 saturated heterocycles. The third-order valence-corrected chi connectivity index (χ3v) is 4.59. The molecule has 0 aliphatic carbocycles. The number of pyridine rings is 1. The minimum atomic E-state index is 0.605. The molecule has 2 atom stereocenters. The van der Waals surface area contributed by atoms with Crippen LogP contribution in [-0.2, 0) is 0 Å². The van der Waals surface area contributed by atoms with Crippen LogP contribution in [0.5, 0.6) is 0 Å². The molecular weight excluding hydrogens is 234 g/mol. The Kier molecular flexibility index (Phi) is 2.66. The highest BCUT2D eigenvalue weighted by atomic mass is 15.2. The molecule has 3 nitrogen and oxygen atoms in total. The lowest BCUT2D eigenvalue weighted by atomic mass is 10.1. The maximum absolute atomic E-state index is 4.43. The maximum atomic E-state index is 4.43. The highest BCUT2D eigenvalue weighted by molar-refractivity contribution is 5.91. The molecule has 19 heavy (non-hydrogen) atoms. The van der Waals surface area contributed by atoms with Crippen LogP contribution in [0, 0.1) is 0 Å². The Morgan fingerprint density at radius 1 is 1.11 bits per heavy atom. The van der Waals surface area contributed by atoms with Crippen molar-refractivity contribution in [1.29, 1.82) is 0 Å². The van der Waals surface area contributed by atoms with Gasteiger partial charge in [-0.3, -0.25) is 9.88 Å². The molecule has 2 unspecified atom stereocenters. The minimum Gasteiger partial charge on any atom is -0.380 e. The Balaban J connectivity index is 1.65. The van der Waals surface area contributed by atoms with E-state index in [2.05, 4.69) is 39.5 Å². The van der Waals surface area contributed by atoms with Crippen molar-refractivity contribution in [3.8, 4) is 0 Å². The molecule has 2 aliphatic rings. The van der Waals surface area contributed by atoms with Gasteiger partial charge in [0.1, 0.15) is 0 Å². The van der Waals surface area contributed by atoms with Gasteiger partial charge < -0.3 is 5.32 Å². The van der Waals surface area contributed by atoms with Gasteiger partial charge in [-0.05, 0) is 50.1 Å². The average Bonchev–Trinajstić information content (AvgIpc) is 3.04. The second-order valence-electron chi connectivity index (χ2n) is 5.66. The number of anilines is 1. The molecule has 98 valence electrons. The summed E-state index contributed by atoms with van der Waals surface area (Å²) in [4.78, 5) is 7.07. The van der Waals surface area contributed by atoms with Gasteiger partial charge in [0.15, 0.2) is 0 Å². The number of rotatable bonds is 2. The number of aromatic nitrogens is 1. The van der Waals surface area contributed by atoms with Gasteiger partial charge >= 0.3 is 0 Å². The van der Waals surface area contributed by atoms with E-state index in [9.17, 15) is 0 Å². The van der Waals surface area contributed by atoms with E-state index < -0.39 is 0 Å². The molecule has 1 aromatic carbocycles. The van der Waals surface area contributed by atoms with Gasteiger partial charge in [0, 0.05) is 35.9 Å². The molecule has 0 saturated carbocycles. The van der Waals surface area contributed by atoms with E-state index in [4.69, 9.17) is 0 Å². The lowest BCUT2D eigenvalue weighted by Crippen LogP contribution is -2.33. The van der Waals surface area contributed by atoms with Crippen LogP contribution in [0.15, 0.2) is 36.5 Å². The Labute approximate surface area is 113 Å². The molecule has 0 amide bonds. The number of nitrogens with one attached hydrogen (secondary N) is 1. The van der Waals surface area contributed by atoms with Crippen LogP contribution in [0.2, 0.25) is 0 Å². The van der Waals surface area contributed by atoms with Crippen molar-refractivity contribution in [2.75, 3.05) is 18.4 Å². The van der Waals surface area contributed by atoms with Gasteiger partial charge in [-0.25, -0.2) is 0 Å². The average molecular weight is 253 g/mol. The van der Waals surface area contributed by atoms with Gasteiger partial charge in [-0.2, -0.15) is 0 Å². The molecule has 0 spiro atoms. The topological polar surface area (TPSA) is 28.2 Å². The molecule has 1 N–H and O–H groups in total. The van der Waals surface area contributed by atoms with Crippen molar-refractivity contribution >= 4 is 16.6 Å². The van der Waals surface area contributed by atoms with Crippen molar-refractivity contribution < 1.29 is 0 Å². The van der Waals surface area contributed by atoms with Crippen LogP contribution < -0.4 is 5.32 Å². The van der Waals surface area contributed by atoms with E-state index in [1.165, 1.54) is 43.4 Å². The fourth-order valence-electron chi connectivity index (χ4n) is 3.68. The summed E-state index contributed by atoms with van der Waals surface area (Å²) in [6, 6.07) is 11.9. The number of hydrogen-bond donors (Lipinski definition) is 1. The van der Waals surface area contributed by atoms with Crippen LogP contribution in [0.1, 0.15) is 19.3 Å². The van der Waals surface area contributed by atoms with E-state index in [1.54, 1.807) is 0 Å². The highest BCUT2D eigenvalue weighted by Crippen LogP contribution is 2.31. The largest absolute Gasteiger partial charge is 0.380 e. The Morgan fingerprint density at radius 3 is 3.11 bits per heavy atom. The van der Waals surface area contributed by atoms with Crippen LogP contribution in [0.4, 0.5) is 5.69 Å². The first kappa shape index (κ1) is 11.2. The second-order valence-corrected chi connectivity index (χ2v) is 5.66. The Hall–Kier alpha value is -1.61. The summed E-state index contributed by atoms with van der Waals surface area (Å²) >= 11 is 0. The Morgan fingerprint density at radius 2 is 2.11 bits per heavy atom. The first-order valence-corrected chi connectivity index (χ1v) is 7.26. The minimum absolute atomic E-state index is 0.605. The van der Waals surface area contributed by atoms with Crippen LogP contribution >= 0.6 is 0 Å². The summed E-state index contributed by atoms with van der Waals surface area (Å²) in [5, 5.41) is 5.01. The van der Waals surface area contributed by atoms with Gasteiger partial charge in [-0.15, -0.1) is 0 Å². The first-order valence-electron chi connectivity index (χ1n) is 7.26. The monoisotopic (exact) mass is 253 g/mol. The molecule has 3 heterocycles. The van der Waals surface area contributed by atoms with E-state index in [-0.39, 0.29) is 0 Å². The molecule has 2 aliphatic heterocycles. The number of fused-ring (bicyclic) bond motifs is 2. The first-order chi connectivity index (χ1) is 9.42. The predicted octanol–water partition coefficient (Wildman–Crippen LogP) is 2.88. The lowest BCUT2D eigenvalue weighted by molar-refractivity contribution is 0.318. The van der Waals surface area contributed by atoms with Crippen molar-refractivity contribution in [1.82, 2.24) is 9.88 Å². The SMILES string of the molecule is c1cc(NC2CCN3CCCC23)c2cccnc2c1. The quantitative estimate of drug-likeness (QED) is 0.892. The maximum Gasteiger partial charge on any atom is 0.0722 e. The fourth-order valence-corrected chi connectivity index (χ4v) is 3.68. The molecule has 2 aromatic rings. The highest BCUT2D eigenvalue weighted by Gasteiger charge is 2.37. The number of nitrogens with zero attached hydrogens (tertiary/aromatic N) is 2. The molecule has 0 radical (unpaired) electrons. The third-order valence-electron chi connectivity index (χ3n) is 4.59. The molecular formula is C16H19N3. The van der Waals surface area contributed by atoms with Crippen molar-refractivity contribution in [2.45, 2.75) is 31.3 Å². The van der Waals surface area contributed by atoms with Crippen LogP contribution in [-0.4, -0.2) is 35.1 Å². The molecule has 0 bridgehead atoms. The van der Waals surface area contributed by atoms with Crippen molar-refractivity contribution in [2.24, 2.45) is 0 Å². The van der Waals surface area contributed by atoms with E-state index >= 15 is 0 Å². The van der Waals surface area contributed by atoms with E-state index in [0.717, 1.165) is 11.6 Å². The van der Waals surface area contributed by atoms with E-state index in [0.29, 0.717) is 6.04 Å². The zero-order valence-corrected chi connectivity index (χ0v) is 11.0. The summed E-state index contributed by atoms with van der Waals surface area (Å²) in [6.45, 7) is 2.55. The van der Waals surface area contributed by atoms with Gasteiger partial charge in [0.2, 0.25) is 0 Å². The van der Waals surface area contributed by atoms with Gasteiger partial charge in [0.25, 0.3) is 0 Å². The van der Waals surface area contributed by atoms with Crippen molar-refractivity contribution in [3.05, 3.63) is 36.5 Å². The lowest BCUT2D eigenvalue weighted by Gasteiger charge is -2.23. The number of hydrogen-bond acceptors (Lipinski definition) is 3. The Bertz CT molecular complexity index is 590. The molecule has 2 fully saturated rings. The summed E-state index contributed by atoms with van der Waals surface area (Å²) in [6.07, 6.45) is 5.84. The fraction of sp³-hybridized carbons (Fsp3) is 0.438. The molecule has 3 heteroatoms. The standard InChI is InChI=1S/C16H19N3/c1-5-13-12(4-2-9-17-13)14(6-1)18-15-8-11-19-10-3-7-16(15)19/h1-2,4-6,9,15-16,18H,3,7-8,10-11H2. The summed E-state index contributed by atoms with van der Waals surface area (Å²) in [7, 11) is 0. The zero-order chi connectivity index (χ0) is 12.7. The van der Waals surface area contributed by atoms with Gasteiger partial charge in [-0.1, -0.05) is 6.07 Å². The normalized spacial score (nSPS) is 26.7. The molecule has 4 rings (SSSR count). The summed E-state index contributed by atoms with van der Waals surface area (Å²) in [5.41, 5.74) is 2.32. The number of benzene rings is 1. The van der Waals surface area contributed by atoms with Crippen LogP contribution in [0.25, 0.3) is 10.9 Å². The second kappa shape index (κ2) is 4.49. The van der Waals surface area contributed by atoms with Crippen LogP contribution in [0.3, 0.4) is 0 Å². The third kappa shape index (κ3) is 1.89. The van der Waals surface area contributed by atoms with Gasteiger partial charge in [0.05, 0.1) is 5.52 Å². The molecule has 1 aromatic heterocycles. The van der Waals surface area contributed by atoms with Crippen molar-refractivity contribution in [3.63, 3.8) is 0 Å². The van der Waals surface area contributed by atoms with E-state index in [1.807, 2.05) is 12.3 Å². The summed E-state index contributed by atoms with van der Waals surface area (Å²) < 4.78 is 0. The summed E-state index contributed by atoms with van der Waals surface area (Å²) in [5.74, 6) is 0. The zero-order valence-electron chi connectivity index (χ0n) is 11.0. The predicted molar refractivity (Wildman–Crippen MR) is 78.4 cm³/mol.